The number of methoxy groups -OCH3 is 1. The molecule has 3 nitrogen and oxygen atoms in total. The summed E-state index contributed by atoms with van der Waals surface area (Å²) in [6, 6.07) is 0. The molecule has 0 atom stereocenters. The fraction of sp³-hybridized carbons (Fsp3) is 0.333. The topological polar surface area (TPSA) is 39.2 Å². The van der Waals surface area contributed by atoms with E-state index in [2.05, 4.69) is 25.7 Å². The third-order valence-electron chi connectivity index (χ3n) is 1.19. The summed E-state index contributed by atoms with van der Waals surface area (Å²) in [5.41, 5.74) is 0. The molecule has 0 aliphatic heterocycles. The minimum absolute atomic E-state index is 0.274. The Balaban J connectivity index is 2.99. The van der Waals surface area contributed by atoms with Crippen molar-refractivity contribution in [2.45, 2.75) is 5.92 Å². The third kappa shape index (κ3) is 2.02. The van der Waals surface area contributed by atoms with E-state index in [-0.39, 0.29) is 4.60 Å². The molecular formula is C6H4BrF2NO2S. The largest absolute Gasteiger partial charge is 0.464 e. The van der Waals surface area contributed by atoms with Gasteiger partial charge in [0.05, 0.1) is 7.11 Å². The lowest BCUT2D eigenvalue weighted by molar-refractivity contribution is -0.170. The van der Waals surface area contributed by atoms with E-state index in [9.17, 15) is 13.6 Å². The van der Waals surface area contributed by atoms with Crippen LogP contribution in [-0.4, -0.2) is 18.1 Å². The van der Waals surface area contributed by atoms with E-state index in [4.69, 9.17) is 0 Å². The monoisotopic (exact) mass is 271 g/mol. The number of alkyl halides is 2. The van der Waals surface area contributed by atoms with Crippen LogP contribution in [-0.2, 0) is 15.5 Å². The summed E-state index contributed by atoms with van der Waals surface area (Å²) in [7, 11) is 0.902. The van der Waals surface area contributed by atoms with Crippen molar-refractivity contribution in [2.24, 2.45) is 0 Å². The van der Waals surface area contributed by atoms with E-state index in [0.717, 1.165) is 7.11 Å². The molecule has 0 saturated carbocycles. The summed E-state index contributed by atoms with van der Waals surface area (Å²) in [4.78, 5) is 14.1. The summed E-state index contributed by atoms with van der Waals surface area (Å²) in [5.74, 6) is -5.26. The van der Waals surface area contributed by atoms with Crippen molar-refractivity contribution in [2.75, 3.05) is 7.11 Å². The van der Waals surface area contributed by atoms with Crippen molar-refractivity contribution >= 4 is 33.2 Å². The fourth-order valence-electron chi connectivity index (χ4n) is 0.614. The first-order chi connectivity index (χ1) is 5.98. The predicted molar refractivity (Wildman–Crippen MR) is 45.7 cm³/mol. The van der Waals surface area contributed by atoms with Gasteiger partial charge in [-0.1, -0.05) is 0 Å². The molecule has 1 aromatic rings. The van der Waals surface area contributed by atoms with Crippen LogP contribution in [0.25, 0.3) is 0 Å². The van der Waals surface area contributed by atoms with Gasteiger partial charge in [-0.05, 0) is 15.9 Å². The molecule has 0 amide bonds. The Bertz CT molecular complexity index is 328. The van der Waals surface area contributed by atoms with Gasteiger partial charge in [0, 0.05) is 5.38 Å². The highest BCUT2D eigenvalue weighted by molar-refractivity contribution is 9.10. The summed E-state index contributed by atoms with van der Waals surface area (Å²) in [6.07, 6.45) is 0. The fourth-order valence-corrected chi connectivity index (χ4v) is 1.83. The van der Waals surface area contributed by atoms with Gasteiger partial charge in [-0.15, -0.1) is 11.3 Å². The van der Waals surface area contributed by atoms with Crippen LogP contribution in [0.4, 0.5) is 8.78 Å². The van der Waals surface area contributed by atoms with Crippen LogP contribution < -0.4 is 0 Å². The maximum atomic E-state index is 13.0. The van der Waals surface area contributed by atoms with E-state index in [1.165, 1.54) is 5.38 Å². The first-order valence-electron chi connectivity index (χ1n) is 3.06. The lowest BCUT2D eigenvalue weighted by Crippen LogP contribution is -2.26. The Morgan fingerprint density at radius 1 is 1.77 bits per heavy atom. The van der Waals surface area contributed by atoms with Gasteiger partial charge in [-0.25, -0.2) is 9.78 Å². The second-order valence-electron chi connectivity index (χ2n) is 2.04. The Morgan fingerprint density at radius 2 is 2.38 bits per heavy atom. The number of halogens is 3. The van der Waals surface area contributed by atoms with Crippen LogP contribution in [0.5, 0.6) is 0 Å². The molecule has 13 heavy (non-hydrogen) atoms. The van der Waals surface area contributed by atoms with Gasteiger partial charge < -0.3 is 4.74 Å². The first kappa shape index (κ1) is 10.5. The molecule has 0 aliphatic carbocycles. The van der Waals surface area contributed by atoms with Crippen molar-refractivity contribution in [3.63, 3.8) is 0 Å². The Hall–Kier alpha value is -0.560. The second-order valence-corrected chi connectivity index (χ2v) is 3.71. The average Bonchev–Trinajstić information content (AvgIpc) is 2.50. The number of aromatic nitrogens is 1. The molecule has 0 spiro atoms. The van der Waals surface area contributed by atoms with Crippen LogP contribution in [0.3, 0.4) is 0 Å². The van der Waals surface area contributed by atoms with Crippen molar-refractivity contribution in [1.82, 2.24) is 4.98 Å². The van der Waals surface area contributed by atoms with Gasteiger partial charge >= 0.3 is 11.9 Å². The molecule has 72 valence electrons. The Morgan fingerprint density at radius 3 is 2.77 bits per heavy atom. The minimum atomic E-state index is -3.66. The van der Waals surface area contributed by atoms with Crippen molar-refractivity contribution in [3.05, 3.63) is 15.0 Å². The zero-order valence-corrected chi connectivity index (χ0v) is 8.79. The summed E-state index contributed by atoms with van der Waals surface area (Å²) in [5, 5.41) is 0.790. The number of esters is 1. The van der Waals surface area contributed by atoms with Crippen LogP contribution in [0.1, 0.15) is 5.01 Å². The molecule has 0 saturated heterocycles. The normalized spacial score (nSPS) is 11.4. The van der Waals surface area contributed by atoms with Crippen LogP contribution >= 0.6 is 27.3 Å². The maximum Gasteiger partial charge on any atom is 0.393 e. The third-order valence-corrected chi connectivity index (χ3v) is 2.81. The zero-order chi connectivity index (χ0) is 10.1. The summed E-state index contributed by atoms with van der Waals surface area (Å²) in [6.45, 7) is 0. The molecule has 0 radical (unpaired) electrons. The molecule has 1 heterocycles. The van der Waals surface area contributed by atoms with Gasteiger partial charge in [0.15, 0.2) is 5.01 Å². The smallest absolute Gasteiger partial charge is 0.393 e. The number of ether oxygens (including phenoxy) is 1. The molecule has 0 aliphatic rings. The number of carbonyl (C=O) groups excluding carboxylic acids is 1. The van der Waals surface area contributed by atoms with Gasteiger partial charge in [0.1, 0.15) is 4.60 Å². The molecule has 0 N–H and O–H groups in total. The van der Waals surface area contributed by atoms with Gasteiger partial charge in [0.2, 0.25) is 0 Å². The average molecular weight is 272 g/mol. The first-order valence-corrected chi connectivity index (χ1v) is 4.73. The molecule has 0 aromatic carbocycles. The summed E-state index contributed by atoms with van der Waals surface area (Å²) >= 11 is 3.60. The van der Waals surface area contributed by atoms with Gasteiger partial charge in [-0.3, -0.25) is 0 Å². The van der Waals surface area contributed by atoms with E-state index in [1.54, 1.807) is 0 Å². The zero-order valence-electron chi connectivity index (χ0n) is 6.38. The highest BCUT2D eigenvalue weighted by Gasteiger charge is 2.45. The quantitative estimate of drug-likeness (QED) is 0.774. The number of hydrogen-bond donors (Lipinski definition) is 0. The summed E-state index contributed by atoms with van der Waals surface area (Å²) < 4.78 is 30.2. The van der Waals surface area contributed by atoms with E-state index in [1.807, 2.05) is 0 Å². The number of rotatable bonds is 2. The second kappa shape index (κ2) is 3.67. The lowest BCUT2D eigenvalue weighted by Gasteiger charge is -2.09. The minimum Gasteiger partial charge on any atom is -0.464 e. The number of nitrogens with zero attached hydrogens (tertiary/aromatic N) is 1. The highest BCUT2D eigenvalue weighted by Crippen LogP contribution is 2.32. The Labute approximate surface area is 84.9 Å². The van der Waals surface area contributed by atoms with E-state index >= 15 is 0 Å². The van der Waals surface area contributed by atoms with Crippen molar-refractivity contribution in [3.8, 4) is 0 Å². The number of hydrogen-bond acceptors (Lipinski definition) is 4. The molecular weight excluding hydrogens is 268 g/mol. The van der Waals surface area contributed by atoms with Crippen LogP contribution in [0, 0.1) is 0 Å². The Kier molecular flexibility index (Phi) is 2.97. The number of carbonyl (C=O) groups is 1. The highest BCUT2D eigenvalue weighted by atomic mass is 79.9. The standard InChI is InChI=1S/C6H4BrF2NO2S/c1-12-5(11)6(8,9)4-10-3(7)2-13-4/h2H,1H3. The SMILES string of the molecule is COC(=O)C(F)(F)c1nc(Br)cs1. The van der Waals surface area contributed by atoms with Crippen molar-refractivity contribution < 1.29 is 18.3 Å². The van der Waals surface area contributed by atoms with Gasteiger partial charge in [0.25, 0.3) is 0 Å². The molecule has 0 fully saturated rings. The van der Waals surface area contributed by atoms with Crippen LogP contribution in [0.15, 0.2) is 9.98 Å². The van der Waals surface area contributed by atoms with E-state index < -0.39 is 16.9 Å². The van der Waals surface area contributed by atoms with Crippen molar-refractivity contribution in [1.29, 1.82) is 0 Å². The van der Waals surface area contributed by atoms with Crippen LogP contribution in [0.2, 0.25) is 0 Å². The van der Waals surface area contributed by atoms with Gasteiger partial charge in [-0.2, -0.15) is 8.78 Å². The molecule has 0 bridgehead atoms. The molecule has 7 heteroatoms. The number of thiazole rings is 1. The lowest BCUT2D eigenvalue weighted by atomic mass is 10.4. The van der Waals surface area contributed by atoms with E-state index in [0.29, 0.717) is 11.3 Å². The maximum absolute atomic E-state index is 13.0. The molecule has 1 aromatic heterocycles. The predicted octanol–water partition coefficient (Wildman–Crippen LogP) is 2.17. The molecule has 0 unspecified atom stereocenters. The molecule has 1 rings (SSSR count).